The summed E-state index contributed by atoms with van der Waals surface area (Å²) in [6.45, 7) is 0.663. The van der Waals surface area contributed by atoms with E-state index in [9.17, 15) is 49.1 Å². The van der Waals surface area contributed by atoms with Gasteiger partial charge in [-0.1, -0.05) is 18.5 Å². The summed E-state index contributed by atoms with van der Waals surface area (Å²) >= 11 is 0. The van der Waals surface area contributed by atoms with Gasteiger partial charge >= 0.3 is 29.9 Å². The summed E-state index contributed by atoms with van der Waals surface area (Å²) in [5.74, 6) is -25.0. The number of fused-ring (bicyclic) bond motifs is 1. The molecule has 0 saturated carbocycles. The molecule has 1 aromatic heterocycles. The standard InChI is InChI=1S/C20H19F9N2O5/c1-3-5-10-12(7-6-11-13(10)36-30-14(11)19(25,26)27)35-9-4-8-31(2)15(32)17(21,22)20(28,29)18(23,24)16(33)34/h6-7H,3-5,8-9H2,1-2H3,(H,33,34). The summed E-state index contributed by atoms with van der Waals surface area (Å²) in [6.07, 6.45) is -4.41. The Kier molecular flexibility index (Phi) is 8.10. The summed E-state index contributed by atoms with van der Waals surface area (Å²) in [4.78, 5) is 22.0. The average Bonchev–Trinajstić information content (AvgIpc) is 3.21. The van der Waals surface area contributed by atoms with Gasteiger partial charge in [0.2, 0.25) is 0 Å². The molecule has 1 N–H and O–H groups in total. The van der Waals surface area contributed by atoms with Gasteiger partial charge in [-0.05, 0) is 25.0 Å². The molecule has 0 saturated heterocycles. The number of aromatic nitrogens is 1. The fourth-order valence-corrected chi connectivity index (χ4v) is 3.16. The van der Waals surface area contributed by atoms with Crippen LogP contribution in [0.25, 0.3) is 11.0 Å². The lowest BCUT2D eigenvalue weighted by Gasteiger charge is -2.31. The van der Waals surface area contributed by atoms with Crippen molar-refractivity contribution < 1.29 is 63.5 Å². The lowest BCUT2D eigenvalue weighted by Crippen LogP contribution is -2.63. The van der Waals surface area contributed by atoms with Crippen LogP contribution in [0.3, 0.4) is 0 Å². The monoisotopic (exact) mass is 538 g/mol. The van der Waals surface area contributed by atoms with Crippen LogP contribution in [0.1, 0.15) is 31.0 Å². The molecule has 2 rings (SSSR count). The molecule has 0 radical (unpaired) electrons. The zero-order valence-electron chi connectivity index (χ0n) is 18.6. The molecule has 1 aromatic carbocycles. The SMILES string of the molecule is CCCc1c(OCCCN(C)C(=O)C(F)(F)C(F)(F)C(F)(F)C(=O)O)ccc2c(C(F)(F)F)noc12. The molecule has 1 heterocycles. The van der Waals surface area contributed by atoms with Crippen molar-refractivity contribution >= 4 is 22.8 Å². The molecular formula is C20H19F9N2O5. The van der Waals surface area contributed by atoms with E-state index in [1.165, 1.54) is 6.07 Å². The lowest BCUT2D eigenvalue weighted by atomic mass is 10.0. The topological polar surface area (TPSA) is 92.9 Å². The number of aliphatic carboxylic acids is 1. The Balaban J connectivity index is 2.11. The van der Waals surface area contributed by atoms with Crippen molar-refractivity contribution in [1.29, 1.82) is 0 Å². The van der Waals surface area contributed by atoms with Gasteiger partial charge < -0.3 is 19.3 Å². The van der Waals surface area contributed by atoms with Gasteiger partial charge in [0.25, 0.3) is 5.91 Å². The van der Waals surface area contributed by atoms with E-state index in [1.54, 1.807) is 6.92 Å². The number of carbonyl (C=O) groups is 2. The summed E-state index contributed by atoms with van der Waals surface area (Å²) < 4.78 is 130. The van der Waals surface area contributed by atoms with Gasteiger partial charge in [0, 0.05) is 19.2 Å². The Bertz CT molecular complexity index is 1110. The zero-order valence-corrected chi connectivity index (χ0v) is 18.6. The summed E-state index contributed by atoms with van der Waals surface area (Å²) in [5.41, 5.74) is -1.20. The predicted molar refractivity (Wildman–Crippen MR) is 103 cm³/mol. The van der Waals surface area contributed by atoms with E-state index in [1.807, 2.05) is 0 Å². The quantitative estimate of drug-likeness (QED) is 0.319. The summed E-state index contributed by atoms with van der Waals surface area (Å²) in [5, 5.41) is 10.9. The number of rotatable bonds is 11. The highest BCUT2D eigenvalue weighted by Crippen LogP contribution is 2.46. The Morgan fingerprint density at radius 2 is 1.67 bits per heavy atom. The molecule has 0 aliphatic rings. The van der Waals surface area contributed by atoms with E-state index in [0.29, 0.717) is 13.5 Å². The van der Waals surface area contributed by atoms with Crippen LogP contribution in [0.15, 0.2) is 16.7 Å². The zero-order chi connectivity index (χ0) is 27.7. The molecule has 0 atom stereocenters. The number of amides is 1. The van der Waals surface area contributed by atoms with Gasteiger partial charge in [-0.2, -0.15) is 39.5 Å². The first kappa shape index (κ1) is 29.0. The first-order valence-corrected chi connectivity index (χ1v) is 10.1. The third-order valence-corrected chi connectivity index (χ3v) is 5.04. The molecule has 0 bridgehead atoms. The number of benzene rings is 1. The maximum Gasteiger partial charge on any atom is 0.437 e. The summed E-state index contributed by atoms with van der Waals surface area (Å²) in [7, 11) is 0.604. The van der Waals surface area contributed by atoms with Crippen molar-refractivity contribution in [3.63, 3.8) is 0 Å². The largest absolute Gasteiger partial charge is 0.493 e. The van der Waals surface area contributed by atoms with Crippen LogP contribution in [0.4, 0.5) is 39.5 Å². The number of hydrogen-bond donors (Lipinski definition) is 1. The van der Waals surface area contributed by atoms with Crippen molar-refractivity contribution in [3.8, 4) is 5.75 Å². The van der Waals surface area contributed by atoms with Crippen LogP contribution < -0.4 is 4.74 Å². The fraction of sp³-hybridized carbons (Fsp3) is 0.550. The number of carboxylic acid groups (broad SMARTS) is 1. The van der Waals surface area contributed by atoms with Crippen LogP contribution in [-0.2, 0) is 22.2 Å². The van der Waals surface area contributed by atoms with Crippen molar-refractivity contribution in [3.05, 3.63) is 23.4 Å². The van der Waals surface area contributed by atoms with Crippen LogP contribution in [0, 0.1) is 0 Å². The second-order valence-electron chi connectivity index (χ2n) is 7.65. The molecule has 1 amide bonds. The van der Waals surface area contributed by atoms with Gasteiger partial charge in [0.15, 0.2) is 11.3 Å². The number of carbonyl (C=O) groups excluding carboxylic acids is 1. The first-order valence-electron chi connectivity index (χ1n) is 10.1. The van der Waals surface area contributed by atoms with Gasteiger partial charge in [-0.15, -0.1) is 0 Å². The second-order valence-corrected chi connectivity index (χ2v) is 7.65. The van der Waals surface area contributed by atoms with Gasteiger partial charge in [-0.25, -0.2) is 4.79 Å². The fourth-order valence-electron chi connectivity index (χ4n) is 3.16. The van der Waals surface area contributed by atoms with Crippen LogP contribution in [0.2, 0.25) is 0 Å². The molecule has 16 heteroatoms. The predicted octanol–water partition coefficient (Wildman–Crippen LogP) is 5.02. The first-order chi connectivity index (χ1) is 16.4. The smallest absolute Gasteiger partial charge is 0.437 e. The number of nitrogens with zero attached hydrogens (tertiary/aromatic N) is 2. The normalized spacial score (nSPS) is 13.2. The molecule has 7 nitrogen and oxygen atoms in total. The number of carboxylic acids is 1. The Morgan fingerprint density at radius 3 is 2.19 bits per heavy atom. The molecule has 0 fully saturated rings. The highest BCUT2D eigenvalue weighted by Gasteiger charge is 2.78. The minimum absolute atomic E-state index is 0.00257. The highest BCUT2D eigenvalue weighted by molar-refractivity contribution is 5.87. The molecular weight excluding hydrogens is 519 g/mol. The molecule has 0 aliphatic carbocycles. The maximum absolute atomic E-state index is 13.8. The molecule has 2 aromatic rings. The van der Waals surface area contributed by atoms with Crippen LogP contribution in [-0.4, -0.2) is 65.0 Å². The van der Waals surface area contributed by atoms with E-state index in [-0.39, 0.29) is 46.6 Å². The van der Waals surface area contributed by atoms with Gasteiger partial charge in [-0.3, -0.25) is 4.79 Å². The molecule has 0 unspecified atom stereocenters. The van der Waals surface area contributed by atoms with Crippen LogP contribution in [0.5, 0.6) is 5.75 Å². The van der Waals surface area contributed by atoms with Gasteiger partial charge in [0.1, 0.15) is 5.75 Å². The number of halogens is 9. The number of hydrogen-bond acceptors (Lipinski definition) is 5. The van der Waals surface area contributed by atoms with Crippen molar-refractivity contribution in [2.45, 2.75) is 50.1 Å². The second kappa shape index (κ2) is 10.0. The average molecular weight is 538 g/mol. The Morgan fingerprint density at radius 1 is 1.06 bits per heavy atom. The van der Waals surface area contributed by atoms with Crippen molar-refractivity contribution in [2.75, 3.05) is 20.2 Å². The Labute approximate surface area is 196 Å². The van der Waals surface area contributed by atoms with Crippen molar-refractivity contribution in [2.24, 2.45) is 0 Å². The molecule has 0 spiro atoms. The third-order valence-electron chi connectivity index (χ3n) is 5.04. The van der Waals surface area contributed by atoms with E-state index >= 15 is 0 Å². The minimum Gasteiger partial charge on any atom is -0.493 e. The lowest BCUT2D eigenvalue weighted by molar-refractivity contribution is -0.295. The Hall–Kier alpha value is -3.20. The van der Waals surface area contributed by atoms with Crippen LogP contribution >= 0.6 is 0 Å². The summed E-state index contributed by atoms with van der Waals surface area (Å²) in [6, 6.07) is 2.24. The highest BCUT2D eigenvalue weighted by atomic mass is 19.4. The number of ether oxygens (including phenoxy) is 1. The number of aryl methyl sites for hydroxylation is 1. The maximum atomic E-state index is 13.8. The van der Waals surface area contributed by atoms with E-state index < -0.39 is 48.1 Å². The minimum atomic E-state index is -6.52. The van der Waals surface area contributed by atoms with Crippen molar-refractivity contribution in [1.82, 2.24) is 10.1 Å². The third kappa shape index (κ3) is 5.16. The van der Waals surface area contributed by atoms with Gasteiger partial charge in [0.05, 0.1) is 12.0 Å². The van der Waals surface area contributed by atoms with E-state index in [4.69, 9.17) is 14.4 Å². The molecule has 36 heavy (non-hydrogen) atoms. The van der Waals surface area contributed by atoms with E-state index in [2.05, 4.69) is 5.16 Å². The molecule has 0 aliphatic heterocycles. The number of alkyl halides is 9. The molecule has 202 valence electrons. The van der Waals surface area contributed by atoms with E-state index in [0.717, 1.165) is 6.07 Å².